The first kappa shape index (κ1) is 29.5. The monoisotopic (exact) mass is 513 g/mol. The van der Waals surface area contributed by atoms with Crippen molar-refractivity contribution in [3.63, 3.8) is 0 Å². The third kappa shape index (κ3) is 9.34. The third-order valence-electron chi connectivity index (χ3n) is 5.27. The van der Waals surface area contributed by atoms with Crippen molar-refractivity contribution in [3.05, 3.63) is 59.7 Å². The zero-order valence-electron chi connectivity index (χ0n) is 22.1. The van der Waals surface area contributed by atoms with Gasteiger partial charge in [-0.15, -0.1) is 0 Å². The molecule has 37 heavy (non-hydrogen) atoms. The van der Waals surface area contributed by atoms with Crippen LogP contribution in [0.2, 0.25) is 0 Å². The van der Waals surface area contributed by atoms with E-state index in [0.29, 0.717) is 11.1 Å². The molecule has 0 heterocycles. The van der Waals surface area contributed by atoms with Crippen molar-refractivity contribution in [1.29, 1.82) is 0 Å². The predicted molar refractivity (Wildman–Crippen MR) is 136 cm³/mol. The van der Waals surface area contributed by atoms with Gasteiger partial charge in [0.15, 0.2) is 11.5 Å². The summed E-state index contributed by atoms with van der Waals surface area (Å²) >= 11 is 0. The highest BCUT2D eigenvalue weighted by Crippen LogP contribution is 2.30. The van der Waals surface area contributed by atoms with E-state index in [1.807, 2.05) is 0 Å². The van der Waals surface area contributed by atoms with Gasteiger partial charge in [0.25, 0.3) is 0 Å². The number of carbonyl (C=O) groups is 4. The fourth-order valence-corrected chi connectivity index (χ4v) is 3.09. The quantitative estimate of drug-likeness (QED) is 0.335. The highest BCUT2D eigenvalue weighted by Gasteiger charge is 2.23. The number of rotatable bonds is 12. The van der Waals surface area contributed by atoms with Gasteiger partial charge in [0.05, 0.1) is 24.5 Å². The lowest BCUT2D eigenvalue weighted by atomic mass is 10.0. The first-order chi connectivity index (χ1) is 17.5. The Morgan fingerprint density at radius 2 is 1.38 bits per heavy atom. The SMILES string of the molecule is COC(=O)[C@H](Cc1ccc(OC(=O)C(C)C)c(OC(=O)C(C)C)c1)NCC(C)OC(=O)c1ccccc1. The van der Waals surface area contributed by atoms with Crippen LogP contribution in [-0.2, 0) is 30.3 Å². The molecular formula is C28H35NO8. The molecule has 0 saturated carbocycles. The van der Waals surface area contributed by atoms with Gasteiger partial charge in [-0.1, -0.05) is 52.0 Å². The molecular weight excluding hydrogens is 478 g/mol. The number of ether oxygens (including phenoxy) is 4. The number of hydrogen-bond acceptors (Lipinski definition) is 9. The first-order valence-electron chi connectivity index (χ1n) is 12.1. The smallest absolute Gasteiger partial charge is 0.338 e. The van der Waals surface area contributed by atoms with E-state index in [1.165, 1.54) is 13.2 Å². The Morgan fingerprint density at radius 3 is 1.95 bits per heavy atom. The lowest BCUT2D eigenvalue weighted by Crippen LogP contribution is -2.43. The lowest BCUT2D eigenvalue weighted by Gasteiger charge is -2.20. The molecule has 0 spiro atoms. The normalized spacial score (nSPS) is 12.5. The Balaban J connectivity index is 2.15. The number of nitrogens with one attached hydrogen (secondary N) is 1. The minimum Gasteiger partial charge on any atom is -0.468 e. The summed E-state index contributed by atoms with van der Waals surface area (Å²) in [6, 6.07) is 12.6. The van der Waals surface area contributed by atoms with Gasteiger partial charge in [0.2, 0.25) is 0 Å². The van der Waals surface area contributed by atoms with E-state index in [1.54, 1.807) is 77.1 Å². The Hall–Kier alpha value is -3.72. The second-order valence-electron chi connectivity index (χ2n) is 9.20. The highest BCUT2D eigenvalue weighted by molar-refractivity contribution is 5.89. The van der Waals surface area contributed by atoms with Gasteiger partial charge in [0, 0.05) is 6.54 Å². The molecule has 0 saturated heterocycles. The van der Waals surface area contributed by atoms with E-state index in [-0.39, 0.29) is 30.4 Å². The topological polar surface area (TPSA) is 117 Å². The molecule has 2 rings (SSSR count). The Bertz CT molecular complexity index is 1080. The van der Waals surface area contributed by atoms with Crippen molar-refractivity contribution in [2.75, 3.05) is 13.7 Å². The number of carbonyl (C=O) groups excluding carboxylic acids is 4. The second kappa shape index (κ2) is 14.1. The minimum absolute atomic E-state index is 0.0824. The van der Waals surface area contributed by atoms with E-state index < -0.39 is 41.9 Å². The molecule has 0 radical (unpaired) electrons. The van der Waals surface area contributed by atoms with Crippen molar-refractivity contribution in [2.45, 2.75) is 53.2 Å². The standard InChI is InChI=1S/C28H35NO8/c1-17(2)25(30)36-23-13-12-20(15-24(23)37-26(31)18(3)4)14-22(28(33)34-6)29-16-19(5)35-27(32)21-10-8-7-9-11-21/h7-13,15,17-19,22,29H,14,16H2,1-6H3/t19?,22-/m0/s1. The van der Waals surface area contributed by atoms with Gasteiger partial charge in [-0.2, -0.15) is 0 Å². The average molecular weight is 514 g/mol. The Kier molecular flexibility index (Phi) is 11.3. The maximum Gasteiger partial charge on any atom is 0.338 e. The molecule has 1 N–H and O–H groups in total. The number of methoxy groups -OCH3 is 1. The maximum absolute atomic E-state index is 12.5. The van der Waals surface area contributed by atoms with Gasteiger partial charge in [-0.3, -0.25) is 14.4 Å². The van der Waals surface area contributed by atoms with Crippen LogP contribution in [0.3, 0.4) is 0 Å². The molecule has 0 aliphatic carbocycles. The molecule has 2 aromatic rings. The lowest BCUT2D eigenvalue weighted by molar-refractivity contribution is -0.143. The van der Waals surface area contributed by atoms with Crippen LogP contribution in [0.15, 0.2) is 48.5 Å². The van der Waals surface area contributed by atoms with Crippen LogP contribution >= 0.6 is 0 Å². The largest absolute Gasteiger partial charge is 0.468 e. The molecule has 2 aromatic carbocycles. The molecule has 0 aliphatic rings. The molecule has 2 atom stereocenters. The molecule has 0 aliphatic heterocycles. The fraction of sp³-hybridized carbons (Fsp3) is 0.429. The molecule has 0 aromatic heterocycles. The van der Waals surface area contributed by atoms with Crippen molar-refractivity contribution < 1.29 is 38.1 Å². The number of hydrogen-bond donors (Lipinski definition) is 1. The summed E-state index contributed by atoms with van der Waals surface area (Å²) in [5.74, 6) is -2.52. The van der Waals surface area contributed by atoms with Gasteiger partial charge >= 0.3 is 23.9 Å². The van der Waals surface area contributed by atoms with E-state index in [4.69, 9.17) is 18.9 Å². The Labute approximate surface area is 217 Å². The molecule has 9 nitrogen and oxygen atoms in total. The summed E-state index contributed by atoms with van der Waals surface area (Å²) in [6.07, 6.45) is -0.350. The van der Waals surface area contributed by atoms with Crippen molar-refractivity contribution in [1.82, 2.24) is 5.32 Å². The van der Waals surface area contributed by atoms with Gasteiger partial charge in [-0.05, 0) is 43.2 Å². The summed E-state index contributed by atoms with van der Waals surface area (Å²) < 4.78 is 21.2. The van der Waals surface area contributed by atoms with Crippen LogP contribution in [0.4, 0.5) is 0 Å². The summed E-state index contributed by atoms with van der Waals surface area (Å²) in [5, 5.41) is 3.07. The molecule has 0 bridgehead atoms. The zero-order chi connectivity index (χ0) is 27.5. The summed E-state index contributed by atoms with van der Waals surface area (Å²) in [6.45, 7) is 8.67. The molecule has 0 fully saturated rings. The minimum atomic E-state index is -0.777. The zero-order valence-corrected chi connectivity index (χ0v) is 22.1. The van der Waals surface area contributed by atoms with Crippen LogP contribution in [-0.4, -0.2) is 49.7 Å². The third-order valence-corrected chi connectivity index (χ3v) is 5.27. The van der Waals surface area contributed by atoms with Crippen molar-refractivity contribution in [2.24, 2.45) is 11.8 Å². The first-order valence-corrected chi connectivity index (χ1v) is 12.1. The summed E-state index contributed by atoms with van der Waals surface area (Å²) in [5.41, 5.74) is 1.06. The molecule has 200 valence electrons. The maximum atomic E-state index is 12.5. The van der Waals surface area contributed by atoms with Crippen LogP contribution < -0.4 is 14.8 Å². The molecule has 0 amide bonds. The summed E-state index contributed by atoms with van der Waals surface area (Å²) in [7, 11) is 1.28. The predicted octanol–water partition coefficient (Wildman–Crippen LogP) is 3.73. The van der Waals surface area contributed by atoms with Crippen molar-refractivity contribution >= 4 is 23.9 Å². The fourth-order valence-electron chi connectivity index (χ4n) is 3.09. The van der Waals surface area contributed by atoms with Gasteiger partial charge in [-0.25, -0.2) is 4.79 Å². The van der Waals surface area contributed by atoms with E-state index in [2.05, 4.69) is 5.32 Å². The van der Waals surface area contributed by atoms with Gasteiger partial charge < -0.3 is 24.3 Å². The molecule has 9 heteroatoms. The molecule has 1 unspecified atom stereocenters. The van der Waals surface area contributed by atoms with Gasteiger partial charge in [0.1, 0.15) is 12.1 Å². The highest BCUT2D eigenvalue weighted by atomic mass is 16.6. The number of benzene rings is 2. The van der Waals surface area contributed by atoms with E-state index in [0.717, 1.165) is 0 Å². The number of esters is 4. The van der Waals surface area contributed by atoms with Crippen LogP contribution in [0.5, 0.6) is 11.5 Å². The van der Waals surface area contributed by atoms with Crippen molar-refractivity contribution in [3.8, 4) is 11.5 Å². The van der Waals surface area contributed by atoms with Crippen LogP contribution in [0.1, 0.15) is 50.5 Å². The van der Waals surface area contributed by atoms with Crippen LogP contribution in [0.25, 0.3) is 0 Å². The Morgan fingerprint density at radius 1 is 0.784 bits per heavy atom. The second-order valence-corrected chi connectivity index (χ2v) is 9.20. The van der Waals surface area contributed by atoms with E-state index in [9.17, 15) is 19.2 Å². The average Bonchev–Trinajstić information content (AvgIpc) is 2.87. The van der Waals surface area contributed by atoms with E-state index >= 15 is 0 Å². The summed E-state index contributed by atoms with van der Waals surface area (Å²) in [4.78, 5) is 49.1. The van der Waals surface area contributed by atoms with Crippen LogP contribution in [0, 0.1) is 11.8 Å².